The number of thioether (sulfide) groups is 2. The molecule has 1 nitrogen and oxygen atoms in total. The number of rotatable bonds is 5. The number of ketones is 1. The predicted octanol–water partition coefficient (Wildman–Crippen LogP) is 3.88. The molecular weight excluding hydrogens is 268 g/mol. The number of Topliss-reactive ketones (excluding diaryl/α,β-unsaturated/α-hetero) is 1. The van der Waals surface area contributed by atoms with Crippen LogP contribution < -0.4 is 0 Å². The van der Waals surface area contributed by atoms with E-state index in [2.05, 4.69) is 23.8 Å². The van der Waals surface area contributed by atoms with Crippen molar-refractivity contribution in [3.05, 3.63) is 22.4 Å². The first kappa shape index (κ1) is 13.5. The molecule has 0 aromatic carbocycles. The van der Waals surface area contributed by atoms with Crippen molar-refractivity contribution >= 4 is 40.6 Å². The molecule has 0 amide bonds. The second-order valence-corrected chi connectivity index (χ2v) is 7.58. The molecular formula is C13H18OS3. The lowest BCUT2D eigenvalue weighted by atomic mass is 10.1. The third kappa shape index (κ3) is 3.76. The summed E-state index contributed by atoms with van der Waals surface area (Å²) in [6.45, 7) is 2.20. The van der Waals surface area contributed by atoms with Crippen LogP contribution in [-0.4, -0.2) is 27.8 Å². The van der Waals surface area contributed by atoms with Crippen molar-refractivity contribution in [2.75, 3.05) is 11.5 Å². The lowest BCUT2D eigenvalue weighted by molar-refractivity contribution is -0.118. The monoisotopic (exact) mass is 286 g/mol. The second kappa shape index (κ2) is 6.86. The molecule has 2 heterocycles. The Bertz CT molecular complexity index is 348. The Balaban J connectivity index is 1.85. The van der Waals surface area contributed by atoms with E-state index in [0.29, 0.717) is 17.5 Å². The molecule has 0 radical (unpaired) electrons. The van der Waals surface area contributed by atoms with Crippen LogP contribution >= 0.6 is 34.9 Å². The van der Waals surface area contributed by atoms with Crippen molar-refractivity contribution in [1.82, 2.24) is 0 Å². The lowest BCUT2D eigenvalue weighted by Gasteiger charge is -2.28. The van der Waals surface area contributed by atoms with Gasteiger partial charge in [-0.05, 0) is 35.2 Å². The minimum Gasteiger partial charge on any atom is -0.298 e. The van der Waals surface area contributed by atoms with Crippen molar-refractivity contribution in [2.45, 2.75) is 36.7 Å². The highest BCUT2D eigenvalue weighted by molar-refractivity contribution is 8.07. The Labute approximate surface area is 116 Å². The van der Waals surface area contributed by atoms with Gasteiger partial charge in [-0.3, -0.25) is 4.79 Å². The largest absolute Gasteiger partial charge is 0.298 e. The molecule has 1 aromatic heterocycles. The molecule has 17 heavy (non-hydrogen) atoms. The fraction of sp³-hybridized carbons (Fsp3) is 0.615. The van der Waals surface area contributed by atoms with Crippen molar-refractivity contribution in [2.24, 2.45) is 0 Å². The molecule has 1 aliphatic rings. The van der Waals surface area contributed by atoms with E-state index in [9.17, 15) is 4.79 Å². The molecule has 2 unspecified atom stereocenters. The first-order valence-electron chi connectivity index (χ1n) is 6.08. The van der Waals surface area contributed by atoms with Gasteiger partial charge in [0, 0.05) is 23.2 Å². The van der Waals surface area contributed by atoms with E-state index in [-0.39, 0.29) is 5.25 Å². The fourth-order valence-corrected chi connectivity index (χ4v) is 5.82. The van der Waals surface area contributed by atoms with Gasteiger partial charge in [-0.2, -0.15) is 23.1 Å². The molecule has 1 aliphatic heterocycles. The smallest absolute Gasteiger partial charge is 0.147 e. The zero-order valence-electron chi connectivity index (χ0n) is 10.1. The van der Waals surface area contributed by atoms with Gasteiger partial charge >= 0.3 is 0 Å². The molecule has 0 bridgehead atoms. The summed E-state index contributed by atoms with van der Waals surface area (Å²) in [5, 5.41) is 5.02. The summed E-state index contributed by atoms with van der Waals surface area (Å²) >= 11 is 5.57. The van der Waals surface area contributed by atoms with Gasteiger partial charge < -0.3 is 0 Å². The number of hydrogen-bond donors (Lipinski definition) is 0. The van der Waals surface area contributed by atoms with Crippen LogP contribution in [0.3, 0.4) is 0 Å². The third-order valence-electron chi connectivity index (χ3n) is 3.01. The van der Waals surface area contributed by atoms with Crippen LogP contribution in [0, 0.1) is 0 Å². The van der Waals surface area contributed by atoms with Crippen LogP contribution in [0.2, 0.25) is 0 Å². The maximum Gasteiger partial charge on any atom is 0.147 e. The molecule has 0 saturated carbocycles. The summed E-state index contributed by atoms with van der Waals surface area (Å²) in [6, 6.07) is 2.12. The molecule has 2 rings (SSSR count). The maximum absolute atomic E-state index is 12.2. The first-order chi connectivity index (χ1) is 8.31. The van der Waals surface area contributed by atoms with Crippen molar-refractivity contribution < 1.29 is 4.79 Å². The van der Waals surface area contributed by atoms with E-state index in [0.717, 1.165) is 18.6 Å². The third-order valence-corrected chi connectivity index (χ3v) is 7.04. The minimum atomic E-state index is 0.248. The Morgan fingerprint density at radius 1 is 1.41 bits per heavy atom. The van der Waals surface area contributed by atoms with Gasteiger partial charge in [0.2, 0.25) is 0 Å². The van der Waals surface area contributed by atoms with E-state index in [1.54, 1.807) is 11.3 Å². The zero-order valence-corrected chi connectivity index (χ0v) is 12.5. The Kier molecular flexibility index (Phi) is 5.45. The summed E-state index contributed by atoms with van der Waals surface area (Å²) in [6.07, 6.45) is 2.75. The van der Waals surface area contributed by atoms with Gasteiger partial charge in [0.05, 0.1) is 5.25 Å². The van der Waals surface area contributed by atoms with Gasteiger partial charge in [0.25, 0.3) is 0 Å². The van der Waals surface area contributed by atoms with Crippen LogP contribution in [0.5, 0.6) is 0 Å². The van der Waals surface area contributed by atoms with Crippen LogP contribution in [-0.2, 0) is 11.2 Å². The highest BCUT2D eigenvalue weighted by atomic mass is 32.2. The zero-order chi connectivity index (χ0) is 12.1. The molecule has 0 N–H and O–H groups in total. The lowest BCUT2D eigenvalue weighted by Crippen LogP contribution is -2.32. The van der Waals surface area contributed by atoms with Gasteiger partial charge in [-0.25, -0.2) is 0 Å². The van der Waals surface area contributed by atoms with Crippen molar-refractivity contribution in [1.29, 1.82) is 0 Å². The fourth-order valence-electron chi connectivity index (χ4n) is 2.05. The van der Waals surface area contributed by atoms with E-state index >= 15 is 0 Å². The highest BCUT2D eigenvalue weighted by Gasteiger charge is 2.30. The molecule has 4 heteroatoms. The van der Waals surface area contributed by atoms with Gasteiger partial charge in [0.15, 0.2) is 0 Å². The molecule has 0 spiro atoms. The van der Waals surface area contributed by atoms with Gasteiger partial charge in [-0.1, -0.05) is 6.92 Å². The average molecular weight is 286 g/mol. The Hall–Kier alpha value is 0.0700. The first-order valence-corrected chi connectivity index (χ1v) is 9.12. The van der Waals surface area contributed by atoms with E-state index in [1.807, 2.05) is 23.5 Å². The van der Waals surface area contributed by atoms with Crippen molar-refractivity contribution in [3.63, 3.8) is 0 Å². The molecule has 0 aliphatic carbocycles. The van der Waals surface area contributed by atoms with E-state index < -0.39 is 0 Å². The van der Waals surface area contributed by atoms with Gasteiger partial charge in [0.1, 0.15) is 5.78 Å². The number of carbonyl (C=O) groups is 1. The second-order valence-electron chi connectivity index (χ2n) is 4.21. The molecule has 1 aromatic rings. The highest BCUT2D eigenvalue weighted by Crippen LogP contribution is 2.34. The molecule has 2 atom stereocenters. The number of carbonyl (C=O) groups excluding carboxylic acids is 1. The number of thiophene rings is 1. The normalized spacial score (nSPS) is 24.8. The van der Waals surface area contributed by atoms with Crippen LogP contribution in [0.1, 0.15) is 25.3 Å². The van der Waals surface area contributed by atoms with Crippen molar-refractivity contribution in [3.8, 4) is 0 Å². The Morgan fingerprint density at radius 3 is 2.94 bits per heavy atom. The maximum atomic E-state index is 12.2. The van der Waals surface area contributed by atoms with Gasteiger partial charge in [-0.15, -0.1) is 11.8 Å². The topological polar surface area (TPSA) is 17.1 Å². The average Bonchev–Trinajstić information content (AvgIpc) is 2.89. The van der Waals surface area contributed by atoms with E-state index in [4.69, 9.17) is 0 Å². The van der Waals surface area contributed by atoms with E-state index in [1.165, 1.54) is 11.3 Å². The summed E-state index contributed by atoms with van der Waals surface area (Å²) < 4.78 is 0. The predicted molar refractivity (Wildman–Crippen MR) is 80.4 cm³/mol. The van der Waals surface area contributed by atoms with Crippen LogP contribution in [0.25, 0.3) is 0 Å². The minimum absolute atomic E-state index is 0.248. The molecule has 1 saturated heterocycles. The summed E-state index contributed by atoms with van der Waals surface area (Å²) in [5.74, 6) is 2.80. The summed E-state index contributed by atoms with van der Waals surface area (Å²) in [7, 11) is 0. The summed E-state index contributed by atoms with van der Waals surface area (Å²) in [4.78, 5) is 12.2. The summed E-state index contributed by atoms with van der Waals surface area (Å²) in [5.41, 5.74) is 1.31. The molecule has 94 valence electrons. The number of aryl methyl sites for hydroxylation is 1. The quantitative estimate of drug-likeness (QED) is 0.818. The Morgan fingerprint density at radius 2 is 2.24 bits per heavy atom. The van der Waals surface area contributed by atoms with Crippen LogP contribution in [0.15, 0.2) is 16.8 Å². The number of hydrogen-bond acceptors (Lipinski definition) is 4. The standard InChI is InChI=1S/C13H18OS3/c1-2-12-13(17-8-7-16-12)11(14)4-3-10-5-6-15-9-10/h5-6,9,12-13H,2-4,7-8H2,1H3. The molecule has 1 fully saturated rings. The van der Waals surface area contributed by atoms with Crippen LogP contribution in [0.4, 0.5) is 0 Å². The SMILES string of the molecule is CCC1SCCSC1C(=O)CCc1ccsc1.